The van der Waals surface area contributed by atoms with Gasteiger partial charge in [0.25, 0.3) is 0 Å². The predicted molar refractivity (Wildman–Crippen MR) is 69.7 cm³/mol. The van der Waals surface area contributed by atoms with E-state index in [1.165, 1.54) is 6.07 Å². The van der Waals surface area contributed by atoms with E-state index in [0.29, 0.717) is 0 Å². The molecule has 1 heterocycles. The topological polar surface area (TPSA) is 17.0 Å². The number of rotatable bonds is 3. The van der Waals surface area contributed by atoms with E-state index in [-0.39, 0.29) is 11.4 Å². The summed E-state index contributed by atoms with van der Waals surface area (Å²) in [6.07, 6.45) is 2.01. The zero-order valence-electron chi connectivity index (χ0n) is 10.6. The molecule has 0 saturated carbocycles. The first kappa shape index (κ1) is 12.1. The van der Waals surface area contributed by atoms with Crippen molar-refractivity contribution in [3.63, 3.8) is 0 Å². The van der Waals surface area contributed by atoms with Crippen LogP contribution in [0.2, 0.25) is 0 Å². The third-order valence-electron chi connectivity index (χ3n) is 2.74. The molecule has 0 radical (unpaired) electrons. The highest BCUT2D eigenvalue weighted by Gasteiger charge is 2.08. The number of benzene rings is 1. The van der Waals surface area contributed by atoms with Gasteiger partial charge in [-0.15, -0.1) is 0 Å². The zero-order valence-corrected chi connectivity index (χ0v) is 10.6. The summed E-state index contributed by atoms with van der Waals surface area (Å²) in [5.74, 6) is -0.179. The summed E-state index contributed by atoms with van der Waals surface area (Å²) in [4.78, 5) is 0. The molecule has 2 rings (SSSR count). The van der Waals surface area contributed by atoms with Crippen LogP contribution in [-0.4, -0.2) is 16.7 Å². The maximum Gasteiger partial charge on any atom is 0.125 e. The summed E-state index contributed by atoms with van der Waals surface area (Å²) >= 11 is 0. The standard InChI is InChI=1S/C14H19FN2/c1-14(2,3)16-7-9-17-8-6-11-4-5-12(15)10-13(11)17/h4-6,8,10,16H,7,9H2,1-3H3. The second-order valence-electron chi connectivity index (χ2n) is 5.39. The molecular formula is C14H19FN2. The normalized spacial score (nSPS) is 12.2. The van der Waals surface area contributed by atoms with E-state index in [1.807, 2.05) is 18.3 Å². The Bertz CT molecular complexity index is 508. The average Bonchev–Trinajstić information content (AvgIpc) is 2.59. The molecule has 0 saturated heterocycles. The van der Waals surface area contributed by atoms with E-state index in [2.05, 4.69) is 30.7 Å². The van der Waals surface area contributed by atoms with Crippen molar-refractivity contribution in [1.82, 2.24) is 9.88 Å². The van der Waals surface area contributed by atoms with Crippen molar-refractivity contribution in [3.05, 3.63) is 36.3 Å². The Morgan fingerprint density at radius 2 is 2.00 bits per heavy atom. The molecule has 1 aromatic carbocycles. The van der Waals surface area contributed by atoms with Crippen LogP contribution in [0, 0.1) is 5.82 Å². The lowest BCUT2D eigenvalue weighted by molar-refractivity contribution is 0.414. The van der Waals surface area contributed by atoms with Gasteiger partial charge in [0.1, 0.15) is 5.82 Å². The summed E-state index contributed by atoms with van der Waals surface area (Å²) in [6, 6.07) is 6.93. The van der Waals surface area contributed by atoms with E-state index in [9.17, 15) is 4.39 Å². The zero-order chi connectivity index (χ0) is 12.5. The molecule has 3 heteroatoms. The van der Waals surface area contributed by atoms with Crippen molar-refractivity contribution in [3.8, 4) is 0 Å². The third-order valence-corrected chi connectivity index (χ3v) is 2.74. The average molecular weight is 234 g/mol. The van der Waals surface area contributed by atoms with Gasteiger partial charge in [0.2, 0.25) is 0 Å². The fourth-order valence-electron chi connectivity index (χ4n) is 1.90. The molecular weight excluding hydrogens is 215 g/mol. The number of hydrogen-bond donors (Lipinski definition) is 1. The van der Waals surface area contributed by atoms with E-state index in [4.69, 9.17) is 0 Å². The largest absolute Gasteiger partial charge is 0.346 e. The first-order valence-electron chi connectivity index (χ1n) is 5.95. The van der Waals surface area contributed by atoms with Crippen molar-refractivity contribution < 1.29 is 4.39 Å². The predicted octanol–water partition coefficient (Wildman–Crippen LogP) is 3.17. The molecule has 0 amide bonds. The molecule has 1 N–H and O–H groups in total. The highest BCUT2D eigenvalue weighted by atomic mass is 19.1. The Morgan fingerprint density at radius 1 is 1.24 bits per heavy atom. The number of aromatic nitrogens is 1. The molecule has 2 aromatic rings. The van der Waals surface area contributed by atoms with Gasteiger partial charge in [-0.3, -0.25) is 0 Å². The molecule has 0 fully saturated rings. The molecule has 0 atom stereocenters. The Morgan fingerprint density at radius 3 is 2.71 bits per heavy atom. The second kappa shape index (κ2) is 4.49. The van der Waals surface area contributed by atoms with Gasteiger partial charge in [-0.2, -0.15) is 0 Å². The maximum atomic E-state index is 13.2. The highest BCUT2D eigenvalue weighted by Crippen LogP contribution is 2.16. The second-order valence-corrected chi connectivity index (χ2v) is 5.39. The van der Waals surface area contributed by atoms with Gasteiger partial charge in [0, 0.05) is 24.8 Å². The van der Waals surface area contributed by atoms with Crippen LogP contribution in [0.3, 0.4) is 0 Å². The van der Waals surface area contributed by atoms with Crippen LogP contribution < -0.4 is 5.32 Å². The van der Waals surface area contributed by atoms with Gasteiger partial charge in [-0.25, -0.2) is 4.39 Å². The molecule has 0 aliphatic carbocycles. The van der Waals surface area contributed by atoms with Crippen LogP contribution in [0.15, 0.2) is 30.5 Å². The fourth-order valence-corrected chi connectivity index (χ4v) is 1.90. The lowest BCUT2D eigenvalue weighted by Gasteiger charge is -2.20. The smallest absolute Gasteiger partial charge is 0.125 e. The molecule has 1 aromatic heterocycles. The number of fused-ring (bicyclic) bond motifs is 1. The number of nitrogens with one attached hydrogen (secondary N) is 1. The van der Waals surface area contributed by atoms with Crippen molar-refractivity contribution in [1.29, 1.82) is 0 Å². The number of hydrogen-bond acceptors (Lipinski definition) is 1. The molecule has 0 bridgehead atoms. The van der Waals surface area contributed by atoms with Crippen LogP contribution in [-0.2, 0) is 6.54 Å². The van der Waals surface area contributed by atoms with E-state index in [0.717, 1.165) is 24.0 Å². The van der Waals surface area contributed by atoms with Crippen LogP contribution in [0.5, 0.6) is 0 Å². The van der Waals surface area contributed by atoms with E-state index in [1.54, 1.807) is 6.07 Å². The Hall–Kier alpha value is -1.35. The Kier molecular flexibility index (Phi) is 3.20. The lowest BCUT2D eigenvalue weighted by atomic mass is 10.1. The monoisotopic (exact) mass is 234 g/mol. The summed E-state index contributed by atoms with van der Waals surface area (Å²) in [5, 5.41) is 4.51. The first-order valence-corrected chi connectivity index (χ1v) is 5.95. The van der Waals surface area contributed by atoms with Crippen LogP contribution in [0.4, 0.5) is 4.39 Å². The van der Waals surface area contributed by atoms with Gasteiger partial charge in [-0.1, -0.05) is 0 Å². The Balaban J connectivity index is 2.11. The lowest BCUT2D eigenvalue weighted by Crippen LogP contribution is -2.37. The first-order chi connectivity index (χ1) is 7.96. The summed E-state index contributed by atoms with van der Waals surface area (Å²) in [6.45, 7) is 8.15. The van der Waals surface area contributed by atoms with Crippen LogP contribution >= 0.6 is 0 Å². The molecule has 0 aliphatic rings. The van der Waals surface area contributed by atoms with Crippen molar-refractivity contribution in [2.45, 2.75) is 32.9 Å². The van der Waals surface area contributed by atoms with Crippen molar-refractivity contribution in [2.24, 2.45) is 0 Å². The minimum Gasteiger partial charge on any atom is -0.346 e. The summed E-state index contributed by atoms with van der Waals surface area (Å²) in [5.41, 5.74) is 1.08. The number of halogens is 1. The van der Waals surface area contributed by atoms with Crippen LogP contribution in [0.1, 0.15) is 20.8 Å². The SMILES string of the molecule is CC(C)(C)NCCn1ccc2ccc(F)cc21. The van der Waals surface area contributed by atoms with E-state index < -0.39 is 0 Å². The summed E-state index contributed by atoms with van der Waals surface area (Å²) in [7, 11) is 0. The fraction of sp³-hybridized carbons (Fsp3) is 0.429. The molecule has 2 nitrogen and oxygen atoms in total. The van der Waals surface area contributed by atoms with Crippen LogP contribution in [0.25, 0.3) is 10.9 Å². The quantitative estimate of drug-likeness (QED) is 0.863. The third kappa shape index (κ3) is 3.07. The van der Waals surface area contributed by atoms with Crippen molar-refractivity contribution in [2.75, 3.05) is 6.54 Å². The van der Waals surface area contributed by atoms with Gasteiger partial charge in [0.05, 0.1) is 5.52 Å². The van der Waals surface area contributed by atoms with Gasteiger partial charge < -0.3 is 9.88 Å². The molecule has 17 heavy (non-hydrogen) atoms. The van der Waals surface area contributed by atoms with Gasteiger partial charge >= 0.3 is 0 Å². The van der Waals surface area contributed by atoms with Gasteiger partial charge in [0.15, 0.2) is 0 Å². The number of nitrogens with zero attached hydrogens (tertiary/aromatic N) is 1. The minimum absolute atomic E-state index is 0.119. The van der Waals surface area contributed by atoms with Crippen molar-refractivity contribution >= 4 is 10.9 Å². The summed E-state index contributed by atoms with van der Waals surface area (Å²) < 4.78 is 15.3. The molecule has 0 unspecified atom stereocenters. The van der Waals surface area contributed by atoms with E-state index >= 15 is 0 Å². The molecule has 92 valence electrons. The Labute approximate surface area is 101 Å². The maximum absolute atomic E-state index is 13.2. The molecule has 0 aliphatic heterocycles. The molecule has 0 spiro atoms. The van der Waals surface area contributed by atoms with Gasteiger partial charge in [-0.05, 0) is 50.4 Å². The highest BCUT2D eigenvalue weighted by molar-refractivity contribution is 5.80. The minimum atomic E-state index is -0.179.